The molecule has 0 aliphatic rings. The Morgan fingerprint density at radius 1 is 0.935 bits per heavy atom. The van der Waals surface area contributed by atoms with E-state index in [1.807, 2.05) is 18.2 Å². The second-order valence-corrected chi connectivity index (χ2v) is 10.4. The van der Waals surface area contributed by atoms with Crippen LogP contribution in [0.3, 0.4) is 0 Å². The maximum Gasteiger partial charge on any atom is 0.243 e. The Kier molecular flexibility index (Phi) is 8.13. The molecule has 0 aliphatic heterocycles. The molecule has 3 aromatic carbocycles. The molecule has 31 heavy (non-hydrogen) atoms. The maximum atomic E-state index is 13.3. The van der Waals surface area contributed by atoms with Gasteiger partial charge in [-0.3, -0.25) is 4.79 Å². The number of benzene rings is 3. The van der Waals surface area contributed by atoms with Crippen LogP contribution < -0.4 is 5.32 Å². The van der Waals surface area contributed by atoms with Crippen LogP contribution in [0.4, 0.5) is 0 Å². The molecule has 9 heteroatoms. The van der Waals surface area contributed by atoms with Gasteiger partial charge >= 0.3 is 0 Å². The van der Waals surface area contributed by atoms with Crippen molar-refractivity contribution in [3.05, 3.63) is 98.4 Å². The molecule has 1 N–H and O–H groups in total. The Morgan fingerprint density at radius 2 is 1.58 bits per heavy atom. The summed E-state index contributed by atoms with van der Waals surface area (Å²) < 4.78 is 28.5. The van der Waals surface area contributed by atoms with Crippen molar-refractivity contribution in [3.63, 3.8) is 0 Å². The van der Waals surface area contributed by atoms with Crippen LogP contribution in [-0.2, 0) is 27.9 Å². The highest BCUT2D eigenvalue weighted by molar-refractivity contribution is 9.10. The van der Waals surface area contributed by atoms with Gasteiger partial charge in [0.2, 0.25) is 15.9 Å². The van der Waals surface area contributed by atoms with Gasteiger partial charge in [0.05, 0.1) is 11.4 Å². The molecule has 0 bridgehead atoms. The third kappa shape index (κ3) is 6.54. The van der Waals surface area contributed by atoms with Crippen LogP contribution in [0.15, 0.2) is 82.2 Å². The molecule has 0 heterocycles. The van der Waals surface area contributed by atoms with Crippen molar-refractivity contribution in [3.8, 4) is 0 Å². The number of hydrogen-bond donors (Lipinski definition) is 1. The predicted molar refractivity (Wildman–Crippen MR) is 126 cm³/mol. The summed E-state index contributed by atoms with van der Waals surface area (Å²) in [4.78, 5) is 12.7. The van der Waals surface area contributed by atoms with Crippen molar-refractivity contribution in [2.75, 3.05) is 6.54 Å². The van der Waals surface area contributed by atoms with E-state index in [0.29, 0.717) is 10.0 Å². The summed E-state index contributed by atoms with van der Waals surface area (Å²) in [7, 11) is -3.94. The maximum absolute atomic E-state index is 13.3. The number of hydrogen-bond acceptors (Lipinski definition) is 3. The number of carbonyl (C=O) groups is 1. The summed E-state index contributed by atoms with van der Waals surface area (Å²) in [6.07, 6.45) is 0. The monoisotopic (exact) mass is 540 g/mol. The summed E-state index contributed by atoms with van der Waals surface area (Å²) in [5.74, 6) is -0.436. The van der Waals surface area contributed by atoms with Gasteiger partial charge in [-0.05, 0) is 53.6 Å². The minimum atomic E-state index is -3.94. The predicted octanol–water partition coefficient (Wildman–Crippen LogP) is 5.26. The fraction of sp³-hybridized carbons (Fsp3) is 0.136. The Morgan fingerprint density at radius 3 is 2.23 bits per heavy atom. The molecule has 0 saturated carbocycles. The molecule has 0 aromatic heterocycles. The van der Waals surface area contributed by atoms with Gasteiger partial charge in [0.25, 0.3) is 0 Å². The van der Waals surface area contributed by atoms with Crippen LogP contribution in [0.1, 0.15) is 11.1 Å². The number of sulfonamides is 1. The van der Waals surface area contributed by atoms with Gasteiger partial charge in [-0.15, -0.1) is 0 Å². The first-order chi connectivity index (χ1) is 14.8. The normalized spacial score (nSPS) is 11.5. The lowest BCUT2D eigenvalue weighted by molar-refractivity contribution is -0.121. The van der Waals surface area contributed by atoms with E-state index in [1.165, 1.54) is 24.3 Å². The summed E-state index contributed by atoms with van der Waals surface area (Å²) in [5, 5.41) is 3.70. The lowest BCUT2D eigenvalue weighted by Crippen LogP contribution is -2.40. The van der Waals surface area contributed by atoms with Crippen LogP contribution in [0.5, 0.6) is 0 Å². The van der Waals surface area contributed by atoms with Crippen LogP contribution in [0.25, 0.3) is 0 Å². The second-order valence-electron chi connectivity index (χ2n) is 6.72. The third-order valence-corrected chi connectivity index (χ3v) is 7.43. The van der Waals surface area contributed by atoms with Crippen molar-refractivity contribution in [1.82, 2.24) is 9.62 Å². The van der Waals surface area contributed by atoms with E-state index >= 15 is 0 Å². The highest BCUT2D eigenvalue weighted by atomic mass is 79.9. The lowest BCUT2D eigenvalue weighted by Gasteiger charge is -2.22. The van der Waals surface area contributed by atoms with Crippen LogP contribution >= 0.6 is 39.1 Å². The molecule has 3 aromatic rings. The lowest BCUT2D eigenvalue weighted by atomic mass is 10.2. The van der Waals surface area contributed by atoms with Crippen LogP contribution in [0.2, 0.25) is 10.0 Å². The zero-order chi connectivity index (χ0) is 22.4. The SMILES string of the molecule is O=C(CN(Cc1ccc(Br)cc1)S(=O)(=O)c1ccc(Cl)cc1)NCc1ccccc1Cl. The number of rotatable bonds is 8. The minimum Gasteiger partial charge on any atom is -0.351 e. The molecule has 0 atom stereocenters. The zero-order valence-electron chi connectivity index (χ0n) is 16.3. The Hall–Kier alpha value is -1.90. The molecular weight excluding hydrogens is 523 g/mol. The van der Waals surface area contributed by atoms with Crippen LogP contribution in [-0.4, -0.2) is 25.2 Å². The van der Waals surface area contributed by atoms with Crippen molar-refractivity contribution in [2.45, 2.75) is 18.0 Å². The van der Waals surface area contributed by atoms with Crippen LogP contribution in [0, 0.1) is 0 Å². The van der Waals surface area contributed by atoms with Gasteiger partial charge in [-0.1, -0.05) is 69.5 Å². The highest BCUT2D eigenvalue weighted by Gasteiger charge is 2.27. The van der Waals surface area contributed by atoms with Gasteiger partial charge in [-0.2, -0.15) is 4.31 Å². The minimum absolute atomic E-state index is 0.0394. The van der Waals surface area contributed by atoms with E-state index in [9.17, 15) is 13.2 Å². The summed E-state index contributed by atoms with van der Waals surface area (Å²) >= 11 is 15.4. The molecule has 1 amide bonds. The van der Waals surface area contributed by atoms with Gasteiger partial charge < -0.3 is 5.32 Å². The molecule has 0 radical (unpaired) electrons. The van der Waals surface area contributed by atoms with Crippen molar-refractivity contribution < 1.29 is 13.2 Å². The first kappa shape index (κ1) is 23.8. The van der Waals surface area contributed by atoms with Crippen molar-refractivity contribution in [1.29, 1.82) is 0 Å². The summed E-state index contributed by atoms with van der Waals surface area (Å²) in [6.45, 7) is -0.102. The fourth-order valence-corrected chi connectivity index (χ4v) is 4.80. The number of nitrogens with zero attached hydrogens (tertiary/aromatic N) is 1. The quantitative estimate of drug-likeness (QED) is 0.423. The molecule has 0 saturated heterocycles. The first-order valence-corrected chi connectivity index (χ1v) is 12.2. The van der Waals surface area contributed by atoms with E-state index in [0.717, 1.165) is 19.9 Å². The first-order valence-electron chi connectivity index (χ1n) is 9.26. The Bertz CT molecular complexity index is 1150. The molecular formula is C22H19BrCl2N2O3S. The van der Waals surface area contributed by atoms with E-state index in [2.05, 4.69) is 21.2 Å². The second kappa shape index (κ2) is 10.6. The molecule has 162 valence electrons. The zero-order valence-corrected chi connectivity index (χ0v) is 20.2. The Balaban J connectivity index is 1.81. The average Bonchev–Trinajstić information content (AvgIpc) is 2.74. The number of amides is 1. The van der Waals surface area contributed by atoms with E-state index in [4.69, 9.17) is 23.2 Å². The molecule has 3 rings (SSSR count). The van der Waals surface area contributed by atoms with Gasteiger partial charge in [0.1, 0.15) is 0 Å². The number of carbonyl (C=O) groups excluding carboxylic acids is 1. The average molecular weight is 542 g/mol. The molecule has 0 fully saturated rings. The third-order valence-electron chi connectivity index (χ3n) is 4.48. The van der Waals surface area contributed by atoms with Gasteiger partial charge in [0, 0.05) is 27.6 Å². The Labute approximate surface area is 200 Å². The number of halogens is 3. The van der Waals surface area contributed by atoms with Crippen molar-refractivity contribution in [2.24, 2.45) is 0 Å². The summed E-state index contributed by atoms with van der Waals surface area (Å²) in [6, 6.07) is 20.2. The molecule has 5 nitrogen and oxygen atoms in total. The summed E-state index contributed by atoms with van der Waals surface area (Å²) in [5.41, 5.74) is 1.50. The topological polar surface area (TPSA) is 66.5 Å². The standard InChI is InChI=1S/C22H19BrCl2N2O3S/c23-18-7-5-16(6-8-18)14-27(31(29,30)20-11-9-19(24)10-12-20)15-22(28)26-13-17-3-1-2-4-21(17)25/h1-12H,13-15H2,(H,26,28). The molecule has 0 spiro atoms. The van der Waals surface area contributed by atoms with E-state index in [-0.39, 0.29) is 24.5 Å². The highest BCUT2D eigenvalue weighted by Crippen LogP contribution is 2.21. The van der Waals surface area contributed by atoms with E-state index < -0.39 is 15.9 Å². The number of nitrogens with one attached hydrogen (secondary N) is 1. The van der Waals surface area contributed by atoms with Crippen molar-refractivity contribution >= 4 is 55.1 Å². The van der Waals surface area contributed by atoms with Gasteiger partial charge in [-0.25, -0.2) is 8.42 Å². The molecule has 0 unspecified atom stereocenters. The fourth-order valence-electron chi connectivity index (χ4n) is 2.83. The largest absolute Gasteiger partial charge is 0.351 e. The smallest absolute Gasteiger partial charge is 0.243 e. The van der Waals surface area contributed by atoms with Gasteiger partial charge in [0.15, 0.2) is 0 Å². The molecule has 0 aliphatic carbocycles. The van der Waals surface area contributed by atoms with E-state index in [1.54, 1.807) is 30.3 Å².